The van der Waals surface area contributed by atoms with Crippen LogP contribution in [-0.2, 0) is 23.0 Å². The van der Waals surface area contributed by atoms with Crippen LogP contribution in [0.2, 0.25) is 5.02 Å². The molecule has 0 amide bonds. The van der Waals surface area contributed by atoms with Crippen molar-refractivity contribution in [3.8, 4) is 17.2 Å². The van der Waals surface area contributed by atoms with Crippen LogP contribution >= 0.6 is 11.6 Å². The standard InChI is InChI=1S/C18H18ClNO5S/c1-23-15-3-2-14(19)10-18(15)26(21,22)20-5-4-12-8-16-17(9-13(12)11-20)25-7-6-24-16/h2-3,8-10H,4-7,11H2,1H3. The minimum Gasteiger partial charge on any atom is -0.495 e. The summed E-state index contributed by atoms with van der Waals surface area (Å²) in [5, 5.41) is 0.349. The molecule has 0 bridgehead atoms. The molecule has 2 aliphatic heterocycles. The first-order chi connectivity index (χ1) is 12.5. The van der Waals surface area contributed by atoms with Crippen LogP contribution in [0.25, 0.3) is 0 Å². The van der Waals surface area contributed by atoms with Crippen LogP contribution in [0.3, 0.4) is 0 Å². The highest BCUT2D eigenvalue weighted by atomic mass is 35.5. The largest absolute Gasteiger partial charge is 0.495 e. The van der Waals surface area contributed by atoms with E-state index in [2.05, 4.69) is 0 Å². The SMILES string of the molecule is COc1ccc(Cl)cc1S(=O)(=O)N1CCc2cc3c(cc2C1)OCCO3. The lowest BCUT2D eigenvalue weighted by molar-refractivity contribution is 0.171. The van der Waals surface area contributed by atoms with Crippen LogP contribution in [0.5, 0.6) is 17.2 Å². The van der Waals surface area contributed by atoms with Gasteiger partial charge in [0.25, 0.3) is 0 Å². The van der Waals surface area contributed by atoms with Crippen molar-refractivity contribution >= 4 is 21.6 Å². The second-order valence-corrected chi connectivity index (χ2v) is 8.49. The quantitative estimate of drug-likeness (QED) is 0.799. The third kappa shape index (κ3) is 3.00. The van der Waals surface area contributed by atoms with Crippen LogP contribution in [0.4, 0.5) is 0 Å². The van der Waals surface area contributed by atoms with E-state index in [1.165, 1.54) is 17.5 Å². The maximum atomic E-state index is 13.1. The van der Waals surface area contributed by atoms with E-state index in [1.54, 1.807) is 12.1 Å². The molecule has 0 aliphatic carbocycles. The normalized spacial score (nSPS) is 16.8. The molecule has 8 heteroatoms. The van der Waals surface area contributed by atoms with E-state index in [0.29, 0.717) is 37.0 Å². The molecule has 26 heavy (non-hydrogen) atoms. The maximum Gasteiger partial charge on any atom is 0.247 e. The van der Waals surface area contributed by atoms with Gasteiger partial charge in [0.2, 0.25) is 10.0 Å². The zero-order chi connectivity index (χ0) is 18.3. The summed E-state index contributed by atoms with van der Waals surface area (Å²) in [6, 6.07) is 8.42. The lowest BCUT2D eigenvalue weighted by Gasteiger charge is -2.30. The number of hydrogen-bond donors (Lipinski definition) is 0. The molecule has 4 rings (SSSR count). The zero-order valence-corrected chi connectivity index (χ0v) is 15.8. The van der Waals surface area contributed by atoms with Gasteiger partial charge in [-0.1, -0.05) is 11.6 Å². The topological polar surface area (TPSA) is 65.1 Å². The first-order valence-corrected chi connectivity index (χ1v) is 10.1. The predicted octanol–water partition coefficient (Wildman–Crippen LogP) is 2.87. The molecule has 0 unspecified atom stereocenters. The summed E-state index contributed by atoms with van der Waals surface area (Å²) in [4.78, 5) is 0.0773. The van der Waals surface area contributed by atoms with Crippen molar-refractivity contribution in [2.75, 3.05) is 26.9 Å². The number of halogens is 1. The van der Waals surface area contributed by atoms with Crippen molar-refractivity contribution < 1.29 is 22.6 Å². The molecule has 0 saturated heterocycles. The van der Waals surface area contributed by atoms with Crippen molar-refractivity contribution in [1.82, 2.24) is 4.31 Å². The van der Waals surface area contributed by atoms with Crippen molar-refractivity contribution in [1.29, 1.82) is 0 Å². The van der Waals surface area contributed by atoms with Gasteiger partial charge in [0.15, 0.2) is 11.5 Å². The van der Waals surface area contributed by atoms with Gasteiger partial charge in [0.05, 0.1) is 7.11 Å². The summed E-state index contributed by atoms with van der Waals surface area (Å²) >= 11 is 6.01. The maximum absolute atomic E-state index is 13.1. The number of sulfonamides is 1. The summed E-state index contributed by atoms with van der Waals surface area (Å²) in [5.41, 5.74) is 2.00. The minimum atomic E-state index is -3.74. The van der Waals surface area contributed by atoms with Gasteiger partial charge in [-0.3, -0.25) is 0 Å². The predicted molar refractivity (Wildman–Crippen MR) is 96.7 cm³/mol. The molecule has 0 N–H and O–H groups in total. The van der Waals surface area contributed by atoms with Crippen LogP contribution in [-0.4, -0.2) is 39.6 Å². The van der Waals surface area contributed by atoms with Crippen LogP contribution in [0, 0.1) is 0 Å². The number of fused-ring (bicyclic) bond motifs is 2. The number of methoxy groups -OCH3 is 1. The first-order valence-electron chi connectivity index (χ1n) is 8.24. The van der Waals surface area contributed by atoms with E-state index in [9.17, 15) is 8.42 Å². The second kappa shape index (κ2) is 6.64. The molecule has 0 aromatic heterocycles. The molecule has 0 saturated carbocycles. The molecular weight excluding hydrogens is 378 g/mol. The number of hydrogen-bond acceptors (Lipinski definition) is 5. The Hall–Kier alpha value is -1.96. The highest BCUT2D eigenvalue weighted by Crippen LogP contribution is 2.37. The Balaban J connectivity index is 1.69. The number of benzene rings is 2. The van der Waals surface area contributed by atoms with E-state index >= 15 is 0 Å². The fourth-order valence-corrected chi connectivity index (χ4v) is 5.10. The average molecular weight is 396 g/mol. The summed E-state index contributed by atoms with van der Waals surface area (Å²) in [5.74, 6) is 1.67. The van der Waals surface area contributed by atoms with Gasteiger partial charge >= 0.3 is 0 Å². The van der Waals surface area contributed by atoms with Crippen molar-refractivity contribution in [2.24, 2.45) is 0 Å². The molecule has 138 valence electrons. The Kier molecular flexibility index (Phi) is 4.46. The fraction of sp³-hybridized carbons (Fsp3) is 0.333. The summed E-state index contributed by atoms with van der Waals surface area (Å²) in [6.07, 6.45) is 0.605. The van der Waals surface area contributed by atoms with Gasteiger partial charge in [0.1, 0.15) is 23.9 Å². The Morgan fingerprint density at radius 1 is 1.08 bits per heavy atom. The van der Waals surface area contributed by atoms with Gasteiger partial charge in [-0.05, 0) is 47.9 Å². The molecule has 6 nitrogen and oxygen atoms in total. The smallest absolute Gasteiger partial charge is 0.247 e. The molecule has 2 aromatic rings. The van der Waals surface area contributed by atoms with Crippen LogP contribution < -0.4 is 14.2 Å². The van der Waals surface area contributed by atoms with Gasteiger partial charge in [-0.15, -0.1) is 0 Å². The van der Waals surface area contributed by atoms with Gasteiger partial charge < -0.3 is 14.2 Å². The molecule has 2 aliphatic rings. The molecule has 0 atom stereocenters. The number of nitrogens with zero attached hydrogens (tertiary/aromatic N) is 1. The molecule has 2 aromatic carbocycles. The Morgan fingerprint density at radius 2 is 1.77 bits per heavy atom. The van der Waals surface area contributed by atoms with Gasteiger partial charge in [-0.25, -0.2) is 8.42 Å². The molecule has 2 heterocycles. The number of ether oxygens (including phenoxy) is 3. The average Bonchev–Trinajstić information content (AvgIpc) is 2.65. The number of rotatable bonds is 3. The Morgan fingerprint density at radius 3 is 2.46 bits per heavy atom. The molecular formula is C18H18ClNO5S. The van der Waals surface area contributed by atoms with Crippen LogP contribution in [0.15, 0.2) is 35.2 Å². The van der Waals surface area contributed by atoms with Crippen molar-refractivity contribution in [3.63, 3.8) is 0 Å². The summed E-state index contributed by atoms with van der Waals surface area (Å²) < 4.78 is 44.2. The molecule has 0 spiro atoms. The van der Waals surface area contributed by atoms with E-state index in [0.717, 1.165) is 16.9 Å². The minimum absolute atomic E-state index is 0.0773. The highest BCUT2D eigenvalue weighted by Gasteiger charge is 2.32. The summed E-state index contributed by atoms with van der Waals surface area (Å²) in [7, 11) is -2.30. The Bertz CT molecular complexity index is 960. The Labute approximate surface area is 157 Å². The molecule has 0 radical (unpaired) electrons. The third-order valence-corrected chi connectivity index (χ3v) is 6.69. The summed E-state index contributed by atoms with van der Waals surface area (Å²) in [6.45, 7) is 1.67. The van der Waals surface area contributed by atoms with Crippen LogP contribution in [0.1, 0.15) is 11.1 Å². The van der Waals surface area contributed by atoms with Gasteiger partial charge in [0, 0.05) is 18.1 Å². The first kappa shape index (κ1) is 17.5. The zero-order valence-electron chi connectivity index (χ0n) is 14.2. The van der Waals surface area contributed by atoms with E-state index in [1.807, 2.05) is 12.1 Å². The lowest BCUT2D eigenvalue weighted by Crippen LogP contribution is -2.36. The fourth-order valence-electron chi connectivity index (χ4n) is 3.26. The van der Waals surface area contributed by atoms with Crippen molar-refractivity contribution in [2.45, 2.75) is 17.9 Å². The lowest BCUT2D eigenvalue weighted by atomic mass is 10.00. The third-order valence-electron chi connectivity index (χ3n) is 4.59. The van der Waals surface area contributed by atoms with E-state index in [-0.39, 0.29) is 17.2 Å². The van der Waals surface area contributed by atoms with Gasteiger partial charge in [-0.2, -0.15) is 4.31 Å². The van der Waals surface area contributed by atoms with E-state index < -0.39 is 10.0 Å². The molecule has 0 fully saturated rings. The monoisotopic (exact) mass is 395 g/mol. The van der Waals surface area contributed by atoms with Crippen molar-refractivity contribution in [3.05, 3.63) is 46.5 Å². The highest BCUT2D eigenvalue weighted by molar-refractivity contribution is 7.89. The second-order valence-electron chi connectivity index (χ2n) is 6.15. The van der Waals surface area contributed by atoms with E-state index in [4.69, 9.17) is 25.8 Å².